The molecule has 0 unspecified atom stereocenters. The maximum Gasteiger partial charge on any atom is 0.326 e. The number of carboxylic acid groups (broad SMARTS) is 1. The Balaban J connectivity index is 2.26. The Morgan fingerprint density at radius 1 is 1.32 bits per heavy atom. The second kappa shape index (κ2) is 5.61. The summed E-state index contributed by atoms with van der Waals surface area (Å²) in [7, 11) is 0. The molecule has 19 heavy (non-hydrogen) atoms. The number of carboxylic acids is 1. The molecule has 1 fully saturated rings. The Morgan fingerprint density at radius 2 is 2.05 bits per heavy atom. The number of phenols is 1. The first-order valence-corrected chi connectivity index (χ1v) is 6.82. The number of aromatic hydroxyl groups is 1. The zero-order valence-corrected chi connectivity index (χ0v) is 11.8. The lowest BCUT2D eigenvalue weighted by Gasteiger charge is -2.33. The van der Waals surface area contributed by atoms with Gasteiger partial charge in [-0.25, -0.2) is 4.79 Å². The number of aliphatic carboxylic acids is 1. The Labute approximate surface area is 119 Å². The minimum absolute atomic E-state index is 0.0327. The molecule has 2 N–H and O–H groups in total. The van der Waals surface area contributed by atoms with Gasteiger partial charge in [0.25, 0.3) is 5.91 Å². The van der Waals surface area contributed by atoms with Crippen LogP contribution in [0.2, 0.25) is 0 Å². The van der Waals surface area contributed by atoms with E-state index >= 15 is 0 Å². The molecular weight excluding hydrogens is 314 g/mol. The van der Waals surface area contributed by atoms with Crippen LogP contribution in [0.1, 0.15) is 29.6 Å². The number of hydrogen-bond acceptors (Lipinski definition) is 3. The molecule has 1 amide bonds. The first kappa shape index (κ1) is 13.9. The summed E-state index contributed by atoms with van der Waals surface area (Å²) in [5.41, 5.74) is 0.300. The van der Waals surface area contributed by atoms with E-state index in [1.165, 1.54) is 11.0 Å². The van der Waals surface area contributed by atoms with E-state index in [0.717, 1.165) is 12.8 Å². The van der Waals surface area contributed by atoms with E-state index in [0.29, 0.717) is 23.0 Å². The van der Waals surface area contributed by atoms with Crippen LogP contribution in [0.3, 0.4) is 0 Å². The molecular formula is C13H14BrNO4. The van der Waals surface area contributed by atoms with Crippen molar-refractivity contribution in [3.05, 3.63) is 28.2 Å². The quantitative estimate of drug-likeness (QED) is 0.873. The molecule has 0 spiro atoms. The first-order chi connectivity index (χ1) is 9.00. The number of piperidine rings is 1. The van der Waals surface area contributed by atoms with Gasteiger partial charge in [-0.3, -0.25) is 4.79 Å². The molecule has 1 aliphatic heterocycles. The highest BCUT2D eigenvalue weighted by Crippen LogP contribution is 2.26. The van der Waals surface area contributed by atoms with Crippen molar-refractivity contribution in [1.82, 2.24) is 4.90 Å². The Bertz CT molecular complexity index is 517. The Kier molecular flexibility index (Phi) is 4.09. The lowest BCUT2D eigenvalue weighted by Crippen LogP contribution is -2.47. The van der Waals surface area contributed by atoms with Crippen molar-refractivity contribution in [3.8, 4) is 5.75 Å². The summed E-state index contributed by atoms with van der Waals surface area (Å²) >= 11 is 3.14. The molecule has 1 saturated heterocycles. The molecule has 0 radical (unpaired) electrons. The van der Waals surface area contributed by atoms with E-state index in [9.17, 15) is 14.7 Å². The molecule has 1 atom stereocenters. The van der Waals surface area contributed by atoms with Gasteiger partial charge in [0.1, 0.15) is 11.8 Å². The van der Waals surface area contributed by atoms with Crippen LogP contribution in [0, 0.1) is 0 Å². The maximum absolute atomic E-state index is 12.3. The molecule has 2 rings (SSSR count). The van der Waals surface area contributed by atoms with Gasteiger partial charge >= 0.3 is 5.97 Å². The van der Waals surface area contributed by atoms with Crippen molar-refractivity contribution in [2.45, 2.75) is 25.3 Å². The summed E-state index contributed by atoms with van der Waals surface area (Å²) in [6.45, 7) is 0.437. The summed E-state index contributed by atoms with van der Waals surface area (Å²) in [5, 5.41) is 18.7. The number of likely N-dealkylation sites (tertiary alicyclic amines) is 1. The number of nitrogens with zero attached hydrogens (tertiary/aromatic N) is 1. The summed E-state index contributed by atoms with van der Waals surface area (Å²) in [4.78, 5) is 24.9. The van der Waals surface area contributed by atoms with E-state index in [2.05, 4.69) is 15.9 Å². The zero-order valence-electron chi connectivity index (χ0n) is 10.2. The van der Waals surface area contributed by atoms with Crippen LogP contribution in [-0.4, -0.2) is 39.6 Å². The molecule has 1 aromatic carbocycles. The fourth-order valence-corrected chi connectivity index (χ4v) is 2.49. The molecule has 1 heterocycles. The van der Waals surface area contributed by atoms with Crippen LogP contribution < -0.4 is 0 Å². The lowest BCUT2D eigenvalue weighted by atomic mass is 10.0. The summed E-state index contributed by atoms with van der Waals surface area (Å²) in [6.07, 6.45) is 2.09. The third kappa shape index (κ3) is 2.89. The molecule has 102 valence electrons. The summed E-state index contributed by atoms with van der Waals surface area (Å²) < 4.78 is 0.498. The summed E-state index contributed by atoms with van der Waals surface area (Å²) in [6, 6.07) is 3.72. The molecule has 5 nitrogen and oxygen atoms in total. The van der Waals surface area contributed by atoms with Crippen molar-refractivity contribution >= 4 is 27.8 Å². The van der Waals surface area contributed by atoms with Gasteiger partial charge in [0.05, 0.1) is 4.47 Å². The van der Waals surface area contributed by atoms with Crippen LogP contribution in [0.5, 0.6) is 5.75 Å². The molecule has 6 heteroatoms. The number of phenolic OH excluding ortho intramolecular Hbond substituents is 1. The van der Waals surface area contributed by atoms with Gasteiger partial charge in [-0.05, 0) is 53.4 Å². The van der Waals surface area contributed by atoms with Crippen LogP contribution >= 0.6 is 15.9 Å². The van der Waals surface area contributed by atoms with E-state index in [1.807, 2.05) is 0 Å². The minimum atomic E-state index is -0.977. The number of benzene rings is 1. The van der Waals surface area contributed by atoms with Gasteiger partial charge in [0.15, 0.2) is 0 Å². The highest BCUT2D eigenvalue weighted by atomic mass is 79.9. The Hall–Kier alpha value is -1.56. The second-order valence-electron chi connectivity index (χ2n) is 4.51. The van der Waals surface area contributed by atoms with Crippen LogP contribution in [0.15, 0.2) is 22.7 Å². The van der Waals surface area contributed by atoms with Crippen LogP contribution in [0.4, 0.5) is 0 Å². The summed E-state index contributed by atoms with van der Waals surface area (Å²) in [5.74, 6) is -1.36. The van der Waals surface area contributed by atoms with Crippen LogP contribution in [0.25, 0.3) is 0 Å². The molecule has 1 aromatic rings. The highest BCUT2D eigenvalue weighted by Gasteiger charge is 2.32. The smallest absolute Gasteiger partial charge is 0.326 e. The van der Waals surface area contributed by atoms with E-state index in [1.54, 1.807) is 12.1 Å². The standard InChI is InChI=1S/C13H14BrNO4/c14-9-5-4-8(7-11(9)16)12(17)15-6-2-1-3-10(15)13(18)19/h4-5,7,10,16H,1-3,6H2,(H,18,19)/t10-/m1/s1. The van der Waals surface area contributed by atoms with Gasteiger partial charge in [-0.2, -0.15) is 0 Å². The third-order valence-electron chi connectivity index (χ3n) is 3.24. The fraction of sp³-hybridized carbons (Fsp3) is 0.385. The average molecular weight is 328 g/mol. The first-order valence-electron chi connectivity index (χ1n) is 6.03. The zero-order chi connectivity index (χ0) is 14.0. The number of carbonyl (C=O) groups excluding carboxylic acids is 1. The average Bonchev–Trinajstić information content (AvgIpc) is 2.41. The van der Waals surface area contributed by atoms with Gasteiger partial charge < -0.3 is 15.1 Å². The molecule has 0 aromatic heterocycles. The van der Waals surface area contributed by atoms with E-state index < -0.39 is 12.0 Å². The highest BCUT2D eigenvalue weighted by molar-refractivity contribution is 9.10. The van der Waals surface area contributed by atoms with Crippen molar-refractivity contribution in [2.24, 2.45) is 0 Å². The number of hydrogen-bond donors (Lipinski definition) is 2. The van der Waals surface area contributed by atoms with Crippen molar-refractivity contribution in [3.63, 3.8) is 0 Å². The van der Waals surface area contributed by atoms with Crippen molar-refractivity contribution in [1.29, 1.82) is 0 Å². The molecule has 0 saturated carbocycles. The van der Waals surface area contributed by atoms with Crippen molar-refractivity contribution in [2.75, 3.05) is 6.54 Å². The predicted octanol–water partition coefficient (Wildman–Crippen LogP) is 2.23. The topological polar surface area (TPSA) is 77.8 Å². The largest absolute Gasteiger partial charge is 0.507 e. The fourth-order valence-electron chi connectivity index (χ4n) is 2.24. The minimum Gasteiger partial charge on any atom is -0.507 e. The van der Waals surface area contributed by atoms with Gasteiger partial charge in [0.2, 0.25) is 0 Å². The predicted molar refractivity (Wildman–Crippen MR) is 72.1 cm³/mol. The number of amides is 1. The molecule has 1 aliphatic rings. The van der Waals surface area contributed by atoms with E-state index in [4.69, 9.17) is 5.11 Å². The van der Waals surface area contributed by atoms with Gasteiger partial charge in [-0.15, -0.1) is 0 Å². The van der Waals surface area contributed by atoms with Crippen LogP contribution in [-0.2, 0) is 4.79 Å². The van der Waals surface area contributed by atoms with Crippen molar-refractivity contribution < 1.29 is 19.8 Å². The third-order valence-corrected chi connectivity index (χ3v) is 3.91. The van der Waals surface area contributed by atoms with Gasteiger partial charge in [-0.1, -0.05) is 0 Å². The lowest BCUT2D eigenvalue weighted by molar-refractivity contribution is -0.143. The van der Waals surface area contributed by atoms with Gasteiger partial charge in [0, 0.05) is 12.1 Å². The maximum atomic E-state index is 12.3. The molecule has 0 aliphatic carbocycles. The number of rotatable bonds is 2. The number of halogens is 1. The monoisotopic (exact) mass is 327 g/mol. The number of carbonyl (C=O) groups is 2. The molecule has 0 bridgehead atoms. The van der Waals surface area contributed by atoms with E-state index in [-0.39, 0.29) is 11.7 Å². The normalized spacial score (nSPS) is 19.2. The second-order valence-corrected chi connectivity index (χ2v) is 5.37. The SMILES string of the molecule is O=C(O)[C@H]1CCCCN1C(=O)c1ccc(Br)c(O)c1. The Morgan fingerprint density at radius 3 is 2.68 bits per heavy atom.